The molecule has 0 fully saturated rings. The highest BCUT2D eigenvalue weighted by Crippen LogP contribution is 2.06. The Kier molecular flexibility index (Phi) is 6.39. The largest absolute Gasteiger partial charge is 0.336 e. The second-order valence-corrected chi connectivity index (χ2v) is 2.83. The van der Waals surface area contributed by atoms with E-state index in [1.165, 1.54) is 0 Å². The van der Waals surface area contributed by atoms with E-state index in [4.69, 9.17) is 19.8 Å². The standard InChI is InChI=1S/C6H15NO5S/c1-3-10-6(7,11-4-2)5-12-13(8)9/h3-5,7H2,1-2H3,(H,8,9). The summed E-state index contributed by atoms with van der Waals surface area (Å²) in [5.41, 5.74) is 5.55. The van der Waals surface area contributed by atoms with E-state index in [0.29, 0.717) is 13.2 Å². The number of hydrogen-bond acceptors (Lipinski definition) is 5. The molecule has 0 radical (unpaired) electrons. The van der Waals surface area contributed by atoms with Gasteiger partial charge >= 0.3 is 11.4 Å². The molecular weight excluding hydrogens is 198 g/mol. The molecule has 0 aliphatic heterocycles. The monoisotopic (exact) mass is 213 g/mol. The molecule has 0 amide bonds. The summed E-state index contributed by atoms with van der Waals surface area (Å²) in [5, 5.41) is 0. The second-order valence-electron chi connectivity index (χ2n) is 2.16. The second kappa shape index (κ2) is 6.41. The zero-order chi connectivity index (χ0) is 10.3. The van der Waals surface area contributed by atoms with Gasteiger partial charge in [0.1, 0.15) is 6.61 Å². The van der Waals surface area contributed by atoms with Gasteiger partial charge in [0.15, 0.2) is 0 Å². The van der Waals surface area contributed by atoms with E-state index in [9.17, 15) is 4.21 Å². The van der Waals surface area contributed by atoms with Crippen molar-refractivity contribution in [2.75, 3.05) is 19.8 Å². The summed E-state index contributed by atoms with van der Waals surface area (Å²) in [7, 11) is 0. The third-order valence-electron chi connectivity index (χ3n) is 1.14. The van der Waals surface area contributed by atoms with Crippen LogP contribution in [0.1, 0.15) is 13.8 Å². The van der Waals surface area contributed by atoms with Crippen molar-refractivity contribution in [3.63, 3.8) is 0 Å². The van der Waals surface area contributed by atoms with Crippen molar-refractivity contribution in [2.45, 2.75) is 19.8 Å². The number of rotatable bonds is 7. The fourth-order valence-corrected chi connectivity index (χ4v) is 1.01. The SMILES string of the molecule is CCOC(N)(COS(=O)O)OCC. The lowest BCUT2D eigenvalue weighted by Crippen LogP contribution is -2.50. The lowest BCUT2D eigenvalue weighted by Gasteiger charge is -2.27. The Balaban J connectivity index is 3.98. The topological polar surface area (TPSA) is 91.0 Å². The number of nitrogens with two attached hydrogens (primary N) is 1. The van der Waals surface area contributed by atoms with Crippen LogP contribution >= 0.6 is 0 Å². The van der Waals surface area contributed by atoms with Gasteiger partial charge in [-0.15, -0.1) is 0 Å². The van der Waals surface area contributed by atoms with Gasteiger partial charge in [-0.3, -0.25) is 14.5 Å². The average molecular weight is 213 g/mol. The van der Waals surface area contributed by atoms with Crippen LogP contribution in [0.2, 0.25) is 0 Å². The Morgan fingerprint density at radius 2 is 1.85 bits per heavy atom. The minimum absolute atomic E-state index is 0.294. The molecule has 6 nitrogen and oxygen atoms in total. The molecule has 0 aliphatic carbocycles. The van der Waals surface area contributed by atoms with Gasteiger partial charge in [-0.2, -0.15) is 4.21 Å². The molecule has 0 bridgehead atoms. The average Bonchev–Trinajstić information content (AvgIpc) is 2.02. The molecule has 0 aromatic rings. The van der Waals surface area contributed by atoms with Crippen molar-refractivity contribution in [3.05, 3.63) is 0 Å². The third-order valence-corrected chi connectivity index (χ3v) is 1.46. The van der Waals surface area contributed by atoms with Gasteiger partial charge in [0, 0.05) is 13.2 Å². The maximum atomic E-state index is 10.2. The lowest BCUT2D eigenvalue weighted by atomic mass is 10.5. The van der Waals surface area contributed by atoms with E-state index in [-0.39, 0.29) is 6.61 Å². The molecule has 0 aliphatic rings. The fraction of sp³-hybridized carbons (Fsp3) is 1.00. The van der Waals surface area contributed by atoms with Crippen molar-refractivity contribution in [3.8, 4) is 0 Å². The van der Waals surface area contributed by atoms with Gasteiger partial charge in [-0.1, -0.05) is 0 Å². The molecule has 0 aromatic heterocycles. The number of ether oxygens (including phenoxy) is 2. The smallest absolute Gasteiger partial charge is 0.302 e. The van der Waals surface area contributed by atoms with Gasteiger partial charge in [0.2, 0.25) is 0 Å². The Morgan fingerprint density at radius 3 is 2.15 bits per heavy atom. The molecule has 0 spiro atoms. The molecule has 0 saturated heterocycles. The molecule has 0 heterocycles. The van der Waals surface area contributed by atoms with Crippen LogP contribution in [-0.2, 0) is 25.0 Å². The normalized spacial score (nSPS) is 14.5. The first-order chi connectivity index (χ1) is 6.04. The zero-order valence-corrected chi connectivity index (χ0v) is 8.50. The molecule has 1 atom stereocenters. The van der Waals surface area contributed by atoms with Gasteiger partial charge < -0.3 is 9.47 Å². The fourth-order valence-electron chi connectivity index (χ4n) is 0.746. The van der Waals surface area contributed by atoms with Crippen LogP contribution < -0.4 is 5.73 Å². The molecule has 0 saturated carbocycles. The summed E-state index contributed by atoms with van der Waals surface area (Å²) in [6, 6.07) is 0. The molecule has 3 N–H and O–H groups in total. The first-order valence-corrected chi connectivity index (χ1v) is 4.88. The van der Waals surface area contributed by atoms with Gasteiger partial charge in [0.25, 0.3) is 5.91 Å². The quantitative estimate of drug-likeness (QED) is 0.450. The summed E-state index contributed by atoms with van der Waals surface area (Å²) in [6.45, 7) is 3.83. The third kappa shape index (κ3) is 6.08. The lowest BCUT2D eigenvalue weighted by molar-refractivity contribution is -0.242. The van der Waals surface area contributed by atoms with Crippen LogP contribution in [0.25, 0.3) is 0 Å². The van der Waals surface area contributed by atoms with E-state index in [0.717, 1.165) is 0 Å². The number of hydrogen-bond donors (Lipinski definition) is 2. The van der Waals surface area contributed by atoms with Crippen LogP contribution in [0.5, 0.6) is 0 Å². The molecule has 13 heavy (non-hydrogen) atoms. The van der Waals surface area contributed by atoms with Crippen LogP contribution in [-0.4, -0.2) is 34.5 Å². The van der Waals surface area contributed by atoms with Crippen LogP contribution in [0, 0.1) is 0 Å². The summed E-state index contributed by atoms with van der Waals surface area (Å²) in [6.07, 6.45) is 0. The van der Waals surface area contributed by atoms with Crippen LogP contribution in [0.15, 0.2) is 0 Å². The first kappa shape index (κ1) is 12.9. The highest BCUT2D eigenvalue weighted by molar-refractivity contribution is 7.74. The maximum absolute atomic E-state index is 10.2. The molecule has 0 rings (SSSR count). The molecular formula is C6H15NO5S. The summed E-state index contributed by atoms with van der Waals surface area (Å²) in [5.74, 6) is -1.44. The highest BCUT2D eigenvalue weighted by atomic mass is 32.2. The molecule has 80 valence electrons. The van der Waals surface area contributed by atoms with Gasteiger partial charge in [-0.05, 0) is 13.8 Å². The Morgan fingerprint density at radius 1 is 1.38 bits per heavy atom. The van der Waals surface area contributed by atoms with E-state index in [1.807, 2.05) is 0 Å². The van der Waals surface area contributed by atoms with Crippen molar-refractivity contribution >= 4 is 11.4 Å². The van der Waals surface area contributed by atoms with Crippen molar-refractivity contribution in [2.24, 2.45) is 5.73 Å². The summed E-state index contributed by atoms with van der Waals surface area (Å²) >= 11 is -2.36. The maximum Gasteiger partial charge on any atom is 0.302 e. The minimum Gasteiger partial charge on any atom is -0.336 e. The highest BCUT2D eigenvalue weighted by Gasteiger charge is 2.27. The van der Waals surface area contributed by atoms with E-state index >= 15 is 0 Å². The predicted octanol–water partition coefficient (Wildman–Crippen LogP) is -0.175. The first-order valence-electron chi connectivity index (χ1n) is 3.85. The van der Waals surface area contributed by atoms with Gasteiger partial charge in [-0.25, -0.2) is 0 Å². The zero-order valence-electron chi connectivity index (χ0n) is 7.69. The predicted molar refractivity (Wildman–Crippen MR) is 46.9 cm³/mol. The summed E-state index contributed by atoms with van der Waals surface area (Å²) in [4.78, 5) is 0. The van der Waals surface area contributed by atoms with Crippen molar-refractivity contribution in [1.82, 2.24) is 0 Å². The van der Waals surface area contributed by atoms with Crippen molar-refractivity contribution in [1.29, 1.82) is 0 Å². The molecule has 1 unspecified atom stereocenters. The summed E-state index contributed by atoms with van der Waals surface area (Å²) < 4.78 is 32.9. The van der Waals surface area contributed by atoms with Crippen LogP contribution in [0.4, 0.5) is 0 Å². The Hall–Kier alpha value is -0.0500. The minimum atomic E-state index is -2.36. The Bertz CT molecular complexity index is 159. The van der Waals surface area contributed by atoms with Crippen LogP contribution in [0.3, 0.4) is 0 Å². The van der Waals surface area contributed by atoms with E-state index in [1.54, 1.807) is 13.8 Å². The van der Waals surface area contributed by atoms with Crippen molar-refractivity contribution < 1.29 is 22.4 Å². The Labute approximate surface area is 79.8 Å². The molecule has 0 aromatic carbocycles. The van der Waals surface area contributed by atoms with E-state index in [2.05, 4.69) is 4.18 Å². The molecule has 7 heteroatoms. The van der Waals surface area contributed by atoms with Gasteiger partial charge in [0.05, 0.1) is 0 Å². The van der Waals surface area contributed by atoms with E-state index < -0.39 is 17.3 Å².